The maximum atomic E-state index is 10.5. The van der Waals surface area contributed by atoms with Gasteiger partial charge < -0.3 is 5.11 Å². The van der Waals surface area contributed by atoms with Crippen LogP contribution in [0.3, 0.4) is 0 Å². The lowest BCUT2D eigenvalue weighted by molar-refractivity contribution is -0.137. The van der Waals surface area contributed by atoms with Crippen molar-refractivity contribution < 1.29 is 9.90 Å². The van der Waals surface area contributed by atoms with E-state index in [1.165, 1.54) is 15.6 Å². The smallest absolute Gasteiger partial charge is 0.303 e. The molecule has 1 aromatic carbocycles. The number of carboxylic acid groups (broad SMARTS) is 1. The van der Waals surface area contributed by atoms with Crippen LogP contribution >= 0.6 is 11.3 Å². The van der Waals surface area contributed by atoms with E-state index in [-0.39, 0.29) is 6.42 Å². The summed E-state index contributed by atoms with van der Waals surface area (Å²) in [5, 5.41) is 12.1. The van der Waals surface area contributed by atoms with Gasteiger partial charge in [-0.1, -0.05) is 25.1 Å². The Morgan fingerprint density at radius 3 is 2.94 bits per heavy atom. The number of carbonyl (C=O) groups is 1. The molecule has 84 valence electrons. The molecule has 0 aliphatic rings. The van der Waals surface area contributed by atoms with Crippen LogP contribution in [-0.4, -0.2) is 11.1 Å². The van der Waals surface area contributed by atoms with Gasteiger partial charge in [0.25, 0.3) is 0 Å². The predicted octanol–water partition coefficient (Wildman–Crippen LogP) is 3.87. The Kier molecular flexibility index (Phi) is 3.25. The minimum atomic E-state index is -0.716. The van der Waals surface area contributed by atoms with E-state index < -0.39 is 5.97 Å². The molecular weight excluding hydrogens is 220 g/mol. The molecule has 1 atom stereocenters. The van der Waals surface area contributed by atoms with E-state index in [1.807, 2.05) is 12.1 Å². The zero-order chi connectivity index (χ0) is 11.5. The summed E-state index contributed by atoms with van der Waals surface area (Å²) in [5.74, 6) is -0.404. The Hall–Kier alpha value is -1.35. The molecule has 2 rings (SSSR count). The molecule has 2 aromatic rings. The fourth-order valence-electron chi connectivity index (χ4n) is 1.88. The van der Waals surface area contributed by atoms with Crippen LogP contribution in [-0.2, 0) is 4.79 Å². The standard InChI is InChI=1S/C13H14O2S/c1-9(6-7-13(14)15)11-8-16-12-5-3-2-4-10(11)12/h2-5,8-9H,6-7H2,1H3,(H,14,15). The highest BCUT2D eigenvalue weighted by molar-refractivity contribution is 7.17. The number of carboxylic acids is 1. The molecule has 2 nitrogen and oxygen atoms in total. The van der Waals surface area contributed by atoms with Crippen LogP contribution < -0.4 is 0 Å². The molecule has 0 saturated heterocycles. The molecule has 0 spiro atoms. The van der Waals surface area contributed by atoms with E-state index in [0.29, 0.717) is 12.3 Å². The van der Waals surface area contributed by atoms with Crippen molar-refractivity contribution >= 4 is 27.4 Å². The molecule has 0 saturated carbocycles. The second-order valence-electron chi connectivity index (χ2n) is 4.02. The van der Waals surface area contributed by atoms with E-state index in [1.54, 1.807) is 11.3 Å². The van der Waals surface area contributed by atoms with E-state index in [9.17, 15) is 4.79 Å². The van der Waals surface area contributed by atoms with Crippen molar-refractivity contribution in [2.45, 2.75) is 25.7 Å². The highest BCUT2D eigenvalue weighted by Crippen LogP contribution is 2.33. The van der Waals surface area contributed by atoms with Crippen molar-refractivity contribution in [3.63, 3.8) is 0 Å². The summed E-state index contributed by atoms with van der Waals surface area (Å²) >= 11 is 1.73. The quantitative estimate of drug-likeness (QED) is 0.872. The van der Waals surface area contributed by atoms with Gasteiger partial charge in [-0.05, 0) is 34.7 Å². The average Bonchev–Trinajstić information content (AvgIpc) is 2.69. The fourth-order valence-corrected chi connectivity index (χ4v) is 2.96. The Balaban J connectivity index is 2.22. The Morgan fingerprint density at radius 2 is 2.19 bits per heavy atom. The molecule has 16 heavy (non-hydrogen) atoms. The second kappa shape index (κ2) is 4.66. The molecule has 1 N–H and O–H groups in total. The van der Waals surface area contributed by atoms with Gasteiger partial charge >= 0.3 is 5.97 Å². The van der Waals surface area contributed by atoms with Gasteiger partial charge in [0.1, 0.15) is 0 Å². The first-order valence-electron chi connectivity index (χ1n) is 5.36. The first kappa shape index (κ1) is 11.1. The lowest BCUT2D eigenvalue weighted by atomic mass is 9.96. The largest absolute Gasteiger partial charge is 0.481 e. The van der Waals surface area contributed by atoms with E-state index in [0.717, 1.165) is 0 Å². The number of rotatable bonds is 4. The number of hydrogen-bond donors (Lipinski definition) is 1. The SMILES string of the molecule is CC(CCC(=O)O)c1csc2ccccc12. The number of fused-ring (bicyclic) bond motifs is 1. The number of aliphatic carboxylic acids is 1. The zero-order valence-corrected chi connectivity index (χ0v) is 9.96. The fraction of sp³-hybridized carbons (Fsp3) is 0.308. The molecule has 1 aromatic heterocycles. The van der Waals surface area contributed by atoms with Gasteiger partial charge in [0.2, 0.25) is 0 Å². The summed E-state index contributed by atoms with van der Waals surface area (Å²) < 4.78 is 1.28. The molecule has 1 heterocycles. The molecule has 3 heteroatoms. The van der Waals surface area contributed by atoms with E-state index >= 15 is 0 Å². The van der Waals surface area contributed by atoms with Gasteiger partial charge in [-0.2, -0.15) is 0 Å². The first-order valence-corrected chi connectivity index (χ1v) is 6.24. The normalized spacial score (nSPS) is 12.8. The molecule has 0 fully saturated rings. The average molecular weight is 234 g/mol. The number of benzene rings is 1. The summed E-state index contributed by atoms with van der Waals surface area (Å²) in [6.45, 7) is 2.09. The summed E-state index contributed by atoms with van der Waals surface area (Å²) in [6, 6.07) is 8.28. The lowest BCUT2D eigenvalue weighted by Crippen LogP contribution is -1.99. The highest BCUT2D eigenvalue weighted by Gasteiger charge is 2.12. The van der Waals surface area contributed by atoms with Crippen LogP contribution in [0.2, 0.25) is 0 Å². The monoisotopic (exact) mass is 234 g/mol. The van der Waals surface area contributed by atoms with Crippen LogP contribution in [0.1, 0.15) is 31.2 Å². The van der Waals surface area contributed by atoms with Crippen molar-refractivity contribution in [2.24, 2.45) is 0 Å². The zero-order valence-electron chi connectivity index (χ0n) is 9.14. The van der Waals surface area contributed by atoms with Gasteiger partial charge in [0.15, 0.2) is 0 Å². The van der Waals surface area contributed by atoms with Crippen molar-refractivity contribution in [2.75, 3.05) is 0 Å². The molecule has 0 aliphatic carbocycles. The third kappa shape index (κ3) is 2.25. The van der Waals surface area contributed by atoms with Crippen LogP contribution in [0.5, 0.6) is 0 Å². The first-order chi connectivity index (χ1) is 7.68. The van der Waals surface area contributed by atoms with Gasteiger partial charge in [-0.15, -0.1) is 11.3 Å². The maximum absolute atomic E-state index is 10.5. The third-order valence-corrected chi connectivity index (χ3v) is 3.81. The number of thiophene rings is 1. The van der Waals surface area contributed by atoms with Gasteiger partial charge in [-0.25, -0.2) is 0 Å². The van der Waals surface area contributed by atoms with Crippen molar-refractivity contribution in [1.29, 1.82) is 0 Å². The van der Waals surface area contributed by atoms with Crippen LogP contribution in [0.25, 0.3) is 10.1 Å². The molecule has 0 amide bonds. The summed E-state index contributed by atoms with van der Waals surface area (Å²) in [7, 11) is 0. The predicted molar refractivity (Wildman–Crippen MR) is 67.1 cm³/mol. The maximum Gasteiger partial charge on any atom is 0.303 e. The van der Waals surface area contributed by atoms with Crippen LogP contribution in [0.15, 0.2) is 29.6 Å². The van der Waals surface area contributed by atoms with Crippen LogP contribution in [0, 0.1) is 0 Å². The molecule has 0 aliphatic heterocycles. The Morgan fingerprint density at radius 1 is 1.44 bits per heavy atom. The Labute approximate surface area is 98.5 Å². The lowest BCUT2D eigenvalue weighted by Gasteiger charge is -2.08. The topological polar surface area (TPSA) is 37.3 Å². The minimum absolute atomic E-state index is 0.241. The summed E-state index contributed by atoms with van der Waals surface area (Å²) in [6.07, 6.45) is 0.946. The second-order valence-corrected chi connectivity index (χ2v) is 4.93. The van der Waals surface area contributed by atoms with E-state index in [2.05, 4.69) is 24.4 Å². The van der Waals surface area contributed by atoms with Crippen molar-refractivity contribution in [3.8, 4) is 0 Å². The van der Waals surface area contributed by atoms with E-state index in [4.69, 9.17) is 5.11 Å². The molecule has 1 unspecified atom stereocenters. The van der Waals surface area contributed by atoms with Gasteiger partial charge in [0.05, 0.1) is 0 Å². The highest BCUT2D eigenvalue weighted by atomic mass is 32.1. The van der Waals surface area contributed by atoms with Crippen LogP contribution in [0.4, 0.5) is 0 Å². The minimum Gasteiger partial charge on any atom is -0.481 e. The molecule has 0 bridgehead atoms. The van der Waals surface area contributed by atoms with Crippen molar-refractivity contribution in [1.82, 2.24) is 0 Å². The Bertz CT molecular complexity index is 501. The summed E-state index contributed by atoms with van der Waals surface area (Å²) in [4.78, 5) is 10.5. The van der Waals surface area contributed by atoms with Crippen molar-refractivity contribution in [3.05, 3.63) is 35.2 Å². The van der Waals surface area contributed by atoms with Gasteiger partial charge in [-0.3, -0.25) is 4.79 Å². The third-order valence-electron chi connectivity index (χ3n) is 2.83. The number of hydrogen-bond acceptors (Lipinski definition) is 2. The molecule has 0 radical (unpaired) electrons. The van der Waals surface area contributed by atoms with Gasteiger partial charge in [0, 0.05) is 11.1 Å². The summed E-state index contributed by atoms with van der Waals surface area (Å²) in [5.41, 5.74) is 1.28. The molecular formula is C13H14O2S.